The number of imidazole rings is 1. The number of H-pyrrole nitrogens is 1. The fraction of sp³-hybridized carbons (Fsp3) is 0.0667. The zero-order valence-electron chi connectivity index (χ0n) is 11.1. The summed E-state index contributed by atoms with van der Waals surface area (Å²) in [4.78, 5) is 3.14. The lowest BCUT2D eigenvalue weighted by Crippen LogP contribution is -1.97. The number of hydrogen-bond acceptors (Lipinski definition) is 3. The van der Waals surface area contributed by atoms with Gasteiger partial charge in [0.2, 0.25) is 0 Å². The third-order valence-electron chi connectivity index (χ3n) is 3.21. The number of aromatic amines is 1. The lowest BCUT2D eigenvalue weighted by atomic mass is 10.2. The smallest absolute Gasteiger partial charge is 0.182 e. The molecule has 0 aliphatic rings. The maximum Gasteiger partial charge on any atom is 0.182 e. The summed E-state index contributed by atoms with van der Waals surface area (Å²) >= 11 is 8.78. The van der Waals surface area contributed by atoms with Crippen molar-refractivity contribution in [3.8, 4) is 17.5 Å². The van der Waals surface area contributed by atoms with Gasteiger partial charge in [0, 0.05) is 10.5 Å². The van der Waals surface area contributed by atoms with Crippen LogP contribution in [-0.4, -0.2) is 16.7 Å². The van der Waals surface area contributed by atoms with Crippen LogP contribution in [0.1, 0.15) is 5.56 Å². The van der Waals surface area contributed by atoms with Crippen LogP contribution in [0.5, 0.6) is 5.75 Å². The molecule has 0 radical (unpaired) electrons. The molecular weight excluding hydrogens is 350 g/mol. The second-order valence-corrected chi connectivity index (χ2v) is 5.72. The van der Waals surface area contributed by atoms with Gasteiger partial charge in [-0.05, 0) is 42.5 Å². The van der Waals surface area contributed by atoms with E-state index in [1.165, 1.54) is 0 Å². The summed E-state index contributed by atoms with van der Waals surface area (Å²) in [5, 5.41) is 9.34. The molecule has 0 amide bonds. The van der Waals surface area contributed by atoms with E-state index in [0.717, 1.165) is 26.9 Å². The third kappa shape index (κ3) is 2.35. The first kappa shape index (κ1) is 13.9. The highest BCUT2D eigenvalue weighted by atomic mass is 79.9. The summed E-state index contributed by atoms with van der Waals surface area (Å²) in [5.74, 6) is 0.752. The first-order valence-corrected chi connectivity index (χ1v) is 7.33. The third-order valence-corrected chi connectivity index (χ3v) is 3.99. The number of nitrogens with zero attached hydrogens (tertiary/aromatic N) is 2. The van der Waals surface area contributed by atoms with Crippen molar-refractivity contribution in [1.29, 1.82) is 5.26 Å². The summed E-state index contributed by atoms with van der Waals surface area (Å²) in [6, 6.07) is 13.4. The SMILES string of the molecule is COc1ccc2c(c1)[nH]c(=S)n2-c1ccc(Br)cc1C#N. The Hall–Kier alpha value is -2.10. The van der Waals surface area contributed by atoms with Gasteiger partial charge in [-0.15, -0.1) is 0 Å². The number of rotatable bonds is 2. The minimum Gasteiger partial charge on any atom is -0.497 e. The highest BCUT2D eigenvalue weighted by molar-refractivity contribution is 9.10. The van der Waals surface area contributed by atoms with Gasteiger partial charge in [-0.1, -0.05) is 15.9 Å². The molecule has 0 bridgehead atoms. The molecule has 0 fully saturated rings. The van der Waals surface area contributed by atoms with Crippen LogP contribution >= 0.6 is 28.1 Å². The quantitative estimate of drug-likeness (QED) is 0.692. The number of aromatic nitrogens is 2. The van der Waals surface area contributed by atoms with Crippen LogP contribution in [0.25, 0.3) is 16.7 Å². The second-order valence-electron chi connectivity index (χ2n) is 4.42. The van der Waals surface area contributed by atoms with E-state index in [1.54, 1.807) is 13.2 Å². The molecule has 0 saturated carbocycles. The molecule has 0 saturated heterocycles. The molecule has 6 heteroatoms. The van der Waals surface area contributed by atoms with E-state index >= 15 is 0 Å². The summed E-state index contributed by atoms with van der Waals surface area (Å²) in [6.45, 7) is 0. The van der Waals surface area contributed by atoms with Crippen LogP contribution < -0.4 is 4.74 Å². The van der Waals surface area contributed by atoms with E-state index in [1.807, 2.05) is 34.9 Å². The molecule has 1 heterocycles. The van der Waals surface area contributed by atoms with Crippen molar-refractivity contribution < 1.29 is 4.74 Å². The first-order chi connectivity index (χ1) is 10.1. The molecule has 0 unspecified atom stereocenters. The van der Waals surface area contributed by atoms with Crippen molar-refractivity contribution in [3.05, 3.63) is 51.2 Å². The van der Waals surface area contributed by atoms with Crippen LogP contribution in [0.3, 0.4) is 0 Å². The summed E-state index contributed by atoms with van der Waals surface area (Å²) in [5.41, 5.74) is 3.07. The number of benzene rings is 2. The summed E-state index contributed by atoms with van der Waals surface area (Å²) < 4.78 is 8.47. The van der Waals surface area contributed by atoms with Gasteiger partial charge in [-0.25, -0.2) is 0 Å². The molecule has 0 aliphatic heterocycles. The van der Waals surface area contributed by atoms with Gasteiger partial charge in [-0.2, -0.15) is 5.26 Å². The van der Waals surface area contributed by atoms with E-state index in [2.05, 4.69) is 27.0 Å². The maximum atomic E-state index is 9.34. The van der Waals surface area contributed by atoms with E-state index in [0.29, 0.717) is 10.3 Å². The normalized spacial score (nSPS) is 10.5. The summed E-state index contributed by atoms with van der Waals surface area (Å²) in [6.07, 6.45) is 0. The van der Waals surface area contributed by atoms with Gasteiger partial charge in [0.1, 0.15) is 11.8 Å². The minimum absolute atomic E-state index is 0.539. The molecule has 104 valence electrons. The van der Waals surface area contributed by atoms with Crippen molar-refractivity contribution in [1.82, 2.24) is 9.55 Å². The molecular formula is C15H10BrN3OS. The highest BCUT2D eigenvalue weighted by Crippen LogP contribution is 2.26. The molecule has 2 aromatic carbocycles. The largest absolute Gasteiger partial charge is 0.497 e. The average Bonchev–Trinajstić information content (AvgIpc) is 2.82. The van der Waals surface area contributed by atoms with E-state index in [9.17, 15) is 5.26 Å². The van der Waals surface area contributed by atoms with Crippen molar-refractivity contribution in [2.45, 2.75) is 0 Å². The molecule has 0 spiro atoms. The Morgan fingerprint density at radius 3 is 2.81 bits per heavy atom. The van der Waals surface area contributed by atoms with Gasteiger partial charge in [0.15, 0.2) is 4.77 Å². The average molecular weight is 360 g/mol. The van der Waals surface area contributed by atoms with Crippen LogP contribution in [-0.2, 0) is 0 Å². The first-order valence-electron chi connectivity index (χ1n) is 6.13. The number of halogens is 1. The van der Waals surface area contributed by atoms with Crippen LogP contribution in [0.2, 0.25) is 0 Å². The molecule has 3 rings (SSSR count). The summed E-state index contributed by atoms with van der Waals surface area (Å²) in [7, 11) is 1.62. The monoisotopic (exact) mass is 359 g/mol. The zero-order valence-corrected chi connectivity index (χ0v) is 13.5. The van der Waals surface area contributed by atoms with Crippen molar-refractivity contribution in [2.75, 3.05) is 7.11 Å². The number of nitriles is 1. The van der Waals surface area contributed by atoms with Crippen LogP contribution in [0, 0.1) is 16.1 Å². The predicted molar refractivity (Wildman–Crippen MR) is 87.4 cm³/mol. The Bertz CT molecular complexity index is 936. The van der Waals surface area contributed by atoms with E-state index < -0.39 is 0 Å². The molecule has 0 aliphatic carbocycles. The van der Waals surface area contributed by atoms with E-state index in [-0.39, 0.29) is 0 Å². The standard InChI is InChI=1S/C15H10BrN3OS/c1-20-11-3-5-14-12(7-11)18-15(21)19(14)13-4-2-10(16)6-9(13)8-17/h2-7H,1H3,(H,18,21). The van der Waals surface area contributed by atoms with Gasteiger partial charge in [0.25, 0.3) is 0 Å². The molecule has 0 atom stereocenters. The van der Waals surface area contributed by atoms with Gasteiger partial charge >= 0.3 is 0 Å². The predicted octanol–water partition coefficient (Wildman–Crippen LogP) is 4.33. The van der Waals surface area contributed by atoms with Crippen LogP contribution in [0.15, 0.2) is 40.9 Å². The highest BCUT2D eigenvalue weighted by Gasteiger charge is 2.11. The lowest BCUT2D eigenvalue weighted by Gasteiger charge is -2.07. The van der Waals surface area contributed by atoms with Crippen molar-refractivity contribution >= 4 is 39.2 Å². The molecule has 1 aromatic heterocycles. The number of ether oxygens (including phenoxy) is 1. The van der Waals surface area contributed by atoms with Crippen LogP contribution in [0.4, 0.5) is 0 Å². The fourth-order valence-corrected chi connectivity index (χ4v) is 2.92. The number of nitrogens with one attached hydrogen (secondary N) is 1. The van der Waals surface area contributed by atoms with Crippen molar-refractivity contribution in [3.63, 3.8) is 0 Å². The number of fused-ring (bicyclic) bond motifs is 1. The minimum atomic E-state index is 0.539. The number of methoxy groups -OCH3 is 1. The molecule has 4 nitrogen and oxygen atoms in total. The Labute approximate surface area is 134 Å². The Balaban J connectivity index is 2.33. The number of hydrogen-bond donors (Lipinski definition) is 1. The van der Waals surface area contributed by atoms with Crippen molar-refractivity contribution in [2.24, 2.45) is 0 Å². The molecule has 1 N–H and O–H groups in total. The molecule has 21 heavy (non-hydrogen) atoms. The van der Waals surface area contributed by atoms with Gasteiger partial charge in [-0.3, -0.25) is 4.57 Å². The van der Waals surface area contributed by atoms with E-state index in [4.69, 9.17) is 17.0 Å². The van der Waals surface area contributed by atoms with Gasteiger partial charge < -0.3 is 9.72 Å². The molecule has 3 aromatic rings. The second kappa shape index (κ2) is 5.35. The lowest BCUT2D eigenvalue weighted by molar-refractivity contribution is 0.415. The Morgan fingerprint density at radius 1 is 1.29 bits per heavy atom. The zero-order chi connectivity index (χ0) is 15.0. The Kier molecular flexibility index (Phi) is 3.53. The Morgan fingerprint density at radius 2 is 2.10 bits per heavy atom. The van der Waals surface area contributed by atoms with Gasteiger partial charge in [0.05, 0.1) is 29.4 Å². The topological polar surface area (TPSA) is 53.7 Å². The maximum absolute atomic E-state index is 9.34. The fourth-order valence-electron chi connectivity index (χ4n) is 2.25.